The van der Waals surface area contributed by atoms with Crippen molar-refractivity contribution in [2.24, 2.45) is 0 Å². The Morgan fingerprint density at radius 2 is 2.16 bits per heavy atom. The van der Waals surface area contributed by atoms with Crippen LogP contribution >= 0.6 is 0 Å². The van der Waals surface area contributed by atoms with Gasteiger partial charge in [-0.15, -0.1) is 0 Å². The molecule has 1 amide bonds. The Balaban J connectivity index is 1.99. The van der Waals surface area contributed by atoms with Gasteiger partial charge in [0, 0.05) is 5.69 Å². The first-order chi connectivity index (χ1) is 9.08. The fraction of sp³-hybridized carbons (Fsp3) is 0.533. The van der Waals surface area contributed by atoms with Crippen molar-refractivity contribution >= 4 is 11.6 Å². The van der Waals surface area contributed by atoms with Gasteiger partial charge in [0.05, 0.1) is 18.1 Å². The van der Waals surface area contributed by atoms with Gasteiger partial charge in [0.25, 0.3) is 0 Å². The highest BCUT2D eigenvalue weighted by molar-refractivity contribution is 5.83. The number of nitrogens with one attached hydrogen (secondary N) is 1. The zero-order chi connectivity index (χ0) is 13.8. The van der Waals surface area contributed by atoms with Gasteiger partial charge in [-0.25, -0.2) is 0 Å². The number of rotatable bonds is 3. The van der Waals surface area contributed by atoms with Crippen LogP contribution in [0.25, 0.3) is 0 Å². The van der Waals surface area contributed by atoms with E-state index in [4.69, 9.17) is 5.73 Å². The van der Waals surface area contributed by atoms with Crippen molar-refractivity contribution in [3.05, 3.63) is 29.8 Å². The Morgan fingerprint density at radius 3 is 2.84 bits per heavy atom. The molecule has 104 valence electrons. The quantitative estimate of drug-likeness (QED) is 0.727. The van der Waals surface area contributed by atoms with Crippen LogP contribution in [0.3, 0.4) is 0 Å². The van der Waals surface area contributed by atoms with Crippen LogP contribution in [-0.2, 0) is 4.79 Å². The number of carbonyl (C=O) groups excluding carboxylic acids is 1. The highest BCUT2D eigenvalue weighted by atomic mass is 16.3. The number of carbonyl (C=O) groups is 1. The van der Waals surface area contributed by atoms with Crippen molar-refractivity contribution in [2.75, 3.05) is 5.73 Å². The Hall–Kier alpha value is -1.55. The first-order valence-electron chi connectivity index (χ1n) is 6.92. The van der Waals surface area contributed by atoms with Gasteiger partial charge in [0.1, 0.15) is 0 Å². The molecule has 4 nitrogen and oxygen atoms in total. The van der Waals surface area contributed by atoms with Gasteiger partial charge in [-0.3, -0.25) is 4.79 Å². The van der Waals surface area contributed by atoms with Crippen molar-refractivity contribution in [3.63, 3.8) is 0 Å². The van der Waals surface area contributed by atoms with Crippen molar-refractivity contribution < 1.29 is 9.90 Å². The second kappa shape index (κ2) is 6.06. The van der Waals surface area contributed by atoms with Gasteiger partial charge in [-0.05, 0) is 37.5 Å². The molecule has 3 atom stereocenters. The van der Waals surface area contributed by atoms with E-state index in [0.29, 0.717) is 5.69 Å². The molecule has 0 bridgehead atoms. The van der Waals surface area contributed by atoms with Gasteiger partial charge in [-0.2, -0.15) is 0 Å². The summed E-state index contributed by atoms with van der Waals surface area (Å²) in [5.74, 6) is -0.297. The Morgan fingerprint density at radius 1 is 1.42 bits per heavy atom. The van der Waals surface area contributed by atoms with E-state index in [-0.39, 0.29) is 17.9 Å². The third-order valence-electron chi connectivity index (χ3n) is 3.86. The van der Waals surface area contributed by atoms with E-state index in [1.54, 1.807) is 6.07 Å². The van der Waals surface area contributed by atoms with E-state index < -0.39 is 6.10 Å². The summed E-state index contributed by atoms with van der Waals surface area (Å²) >= 11 is 0. The highest BCUT2D eigenvalue weighted by Crippen LogP contribution is 2.21. The number of amides is 1. The zero-order valence-corrected chi connectivity index (χ0v) is 11.3. The second-order valence-electron chi connectivity index (χ2n) is 5.36. The van der Waals surface area contributed by atoms with Crippen molar-refractivity contribution in [1.29, 1.82) is 0 Å². The number of anilines is 1. The minimum Gasteiger partial charge on any atom is -0.399 e. The van der Waals surface area contributed by atoms with Crippen LogP contribution in [0.1, 0.15) is 44.1 Å². The molecule has 1 unspecified atom stereocenters. The zero-order valence-electron chi connectivity index (χ0n) is 11.3. The average molecular weight is 262 g/mol. The van der Waals surface area contributed by atoms with E-state index in [9.17, 15) is 9.90 Å². The third kappa shape index (κ3) is 3.47. The fourth-order valence-electron chi connectivity index (χ4n) is 2.57. The minimum atomic E-state index is -0.411. The summed E-state index contributed by atoms with van der Waals surface area (Å²) in [6.07, 6.45) is 3.33. The molecule has 19 heavy (non-hydrogen) atoms. The van der Waals surface area contributed by atoms with E-state index in [0.717, 1.165) is 31.2 Å². The monoisotopic (exact) mass is 262 g/mol. The van der Waals surface area contributed by atoms with E-state index >= 15 is 0 Å². The average Bonchev–Trinajstić information content (AvgIpc) is 2.40. The summed E-state index contributed by atoms with van der Waals surface area (Å²) in [4.78, 5) is 12.2. The standard InChI is InChI=1S/C15H22N2O2/c1-10(11-5-4-6-12(16)9-11)15(19)17-13-7-2-3-8-14(13)18/h4-6,9-10,13-14,18H,2-3,7-8,16H2,1H3,(H,17,19)/t10?,13-,14-/m0/s1. The van der Waals surface area contributed by atoms with Crippen LogP contribution in [0, 0.1) is 0 Å². The molecule has 0 spiro atoms. The summed E-state index contributed by atoms with van der Waals surface area (Å²) in [5, 5.41) is 12.8. The molecular weight excluding hydrogens is 240 g/mol. The van der Waals surface area contributed by atoms with Crippen LogP contribution in [0.4, 0.5) is 5.69 Å². The minimum absolute atomic E-state index is 0.0449. The number of aliphatic hydroxyl groups excluding tert-OH is 1. The number of hydrogen-bond donors (Lipinski definition) is 3. The lowest BCUT2D eigenvalue weighted by atomic mass is 9.91. The molecule has 0 radical (unpaired) electrons. The molecule has 1 fully saturated rings. The van der Waals surface area contributed by atoms with Crippen molar-refractivity contribution in [2.45, 2.75) is 50.7 Å². The molecular formula is C15H22N2O2. The normalized spacial score (nSPS) is 24.7. The summed E-state index contributed by atoms with van der Waals surface area (Å²) in [6.45, 7) is 1.86. The SMILES string of the molecule is CC(C(=O)N[C@H]1CCCC[C@@H]1O)c1cccc(N)c1. The maximum absolute atomic E-state index is 12.2. The first-order valence-corrected chi connectivity index (χ1v) is 6.92. The molecule has 1 aromatic carbocycles. The lowest BCUT2D eigenvalue weighted by molar-refractivity contribution is -0.124. The van der Waals surface area contributed by atoms with Crippen LogP contribution < -0.4 is 11.1 Å². The molecule has 4 heteroatoms. The molecule has 1 aliphatic carbocycles. The summed E-state index contributed by atoms with van der Waals surface area (Å²) in [5.41, 5.74) is 7.30. The van der Waals surface area contributed by atoms with Gasteiger partial charge >= 0.3 is 0 Å². The molecule has 2 rings (SSSR count). The molecule has 0 aliphatic heterocycles. The first kappa shape index (κ1) is 13.9. The maximum atomic E-state index is 12.2. The number of hydrogen-bond acceptors (Lipinski definition) is 3. The summed E-state index contributed by atoms with van der Waals surface area (Å²) in [7, 11) is 0. The van der Waals surface area contributed by atoms with Crippen LogP contribution in [0.5, 0.6) is 0 Å². The van der Waals surface area contributed by atoms with Crippen LogP contribution in [-0.4, -0.2) is 23.2 Å². The second-order valence-corrected chi connectivity index (χ2v) is 5.36. The topological polar surface area (TPSA) is 75.3 Å². The number of benzene rings is 1. The van der Waals surface area contributed by atoms with E-state index in [1.807, 2.05) is 25.1 Å². The molecule has 1 aliphatic rings. The lowest BCUT2D eigenvalue weighted by Gasteiger charge is -2.29. The summed E-state index contributed by atoms with van der Waals surface area (Å²) in [6, 6.07) is 7.27. The lowest BCUT2D eigenvalue weighted by Crippen LogP contribution is -2.46. The van der Waals surface area contributed by atoms with Gasteiger partial charge in [0.15, 0.2) is 0 Å². The molecule has 1 aromatic rings. The number of nitrogen functional groups attached to an aromatic ring is 1. The summed E-state index contributed by atoms with van der Waals surface area (Å²) < 4.78 is 0. The third-order valence-corrected chi connectivity index (χ3v) is 3.86. The van der Waals surface area contributed by atoms with Crippen LogP contribution in [0.2, 0.25) is 0 Å². The predicted molar refractivity (Wildman–Crippen MR) is 75.7 cm³/mol. The van der Waals surface area contributed by atoms with Gasteiger partial charge in [0.2, 0.25) is 5.91 Å². The Bertz CT molecular complexity index is 448. The van der Waals surface area contributed by atoms with Gasteiger partial charge < -0.3 is 16.2 Å². The smallest absolute Gasteiger partial charge is 0.227 e. The predicted octanol–water partition coefficient (Wildman–Crippen LogP) is 1.79. The molecule has 0 saturated heterocycles. The van der Waals surface area contributed by atoms with Crippen LogP contribution in [0.15, 0.2) is 24.3 Å². The van der Waals surface area contributed by atoms with E-state index in [2.05, 4.69) is 5.32 Å². The van der Waals surface area contributed by atoms with Crippen molar-refractivity contribution in [3.8, 4) is 0 Å². The number of nitrogens with two attached hydrogens (primary N) is 1. The largest absolute Gasteiger partial charge is 0.399 e. The molecule has 0 aromatic heterocycles. The van der Waals surface area contributed by atoms with Gasteiger partial charge in [-0.1, -0.05) is 25.0 Å². The number of aliphatic hydroxyl groups is 1. The maximum Gasteiger partial charge on any atom is 0.227 e. The van der Waals surface area contributed by atoms with Crippen molar-refractivity contribution in [1.82, 2.24) is 5.32 Å². The fourth-order valence-corrected chi connectivity index (χ4v) is 2.57. The Kier molecular flexibility index (Phi) is 4.43. The molecule has 1 saturated carbocycles. The van der Waals surface area contributed by atoms with E-state index in [1.165, 1.54) is 0 Å². The molecule has 4 N–H and O–H groups in total. The molecule has 0 heterocycles. The Labute approximate surface area is 114 Å². The highest BCUT2D eigenvalue weighted by Gasteiger charge is 2.26.